The first kappa shape index (κ1) is 12.7. The van der Waals surface area contributed by atoms with E-state index in [0.717, 1.165) is 11.1 Å². The first-order valence-corrected chi connectivity index (χ1v) is 5.53. The second-order valence-electron chi connectivity index (χ2n) is 3.77. The standard InChI is InChI=1S/C13H18O3/c1-3-16-13(15)8-7-12(14)11-6-4-5-10(2)9-11/h4-6,9,12,14H,3,7-8H2,1-2H3. The Morgan fingerprint density at radius 1 is 1.50 bits per heavy atom. The summed E-state index contributed by atoms with van der Waals surface area (Å²) in [7, 11) is 0. The first-order chi connectivity index (χ1) is 7.63. The highest BCUT2D eigenvalue weighted by atomic mass is 16.5. The summed E-state index contributed by atoms with van der Waals surface area (Å²) in [5.74, 6) is -0.255. The lowest BCUT2D eigenvalue weighted by molar-refractivity contribution is -0.143. The van der Waals surface area contributed by atoms with Crippen LogP contribution in [0.15, 0.2) is 24.3 Å². The number of carbonyl (C=O) groups excluding carboxylic acids is 1. The predicted molar refractivity (Wildman–Crippen MR) is 62.0 cm³/mol. The number of hydrogen-bond acceptors (Lipinski definition) is 3. The monoisotopic (exact) mass is 222 g/mol. The molecule has 1 aromatic rings. The van der Waals surface area contributed by atoms with Gasteiger partial charge in [0.1, 0.15) is 0 Å². The van der Waals surface area contributed by atoms with Gasteiger partial charge < -0.3 is 9.84 Å². The van der Waals surface area contributed by atoms with Crippen LogP contribution in [0, 0.1) is 6.92 Å². The molecule has 3 nitrogen and oxygen atoms in total. The van der Waals surface area contributed by atoms with Crippen LogP contribution in [0.5, 0.6) is 0 Å². The van der Waals surface area contributed by atoms with Crippen molar-refractivity contribution in [1.29, 1.82) is 0 Å². The first-order valence-electron chi connectivity index (χ1n) is 5.53. The van der Waals surface area contributed by atoms with E-state index in [0.29, 0.717) is 13.0 Å². The Bertz CT molecular complexity index is 347. The van der Waals surface area contributed by atoms with Gasteiger partial charge in [0, 0.05) is 6.42 Å². The molecule has 0 heterocycles. The van der Waals surface area contributed by atoms with E-state index in [-0.39, 0.29) is 12.4 Å². The lowest BCUT2D eigenvalue weighted by Crippen LogP contribution is -2.07. The summed E-state index contributed by atoms with van der Waals surface area (Å²) >= 11 is 0. The maximum absolute atomic E-state index is 11.1. The van der Waals surface area contributed by atoms with E-state index in [4.69, 9.17) is 4.74 Å². The zero-order valence-electron chi connectivity index (χ0n) is 9.77. The van der Waals surface area contributed by atoms with Crippen molar-refractivity contribution in [3.8, 4) is 0 Å². The number of hydrogen-bond donors (Lipinski definition) is 1. The van der Waals surface area contributed by atoms with Crippen LogP contribution in [0.1, 0.15) is 37.0 Å². The molecule has 16 heavy (non-hydrogen) atoms. The van der Waals surface area contributed by atoms with Crippen LogP contribution in [0.4, 0.5) is 0 Å². The molecule has 1 N–H and O–H groups in total. The zero-order chi connectivity index (χ0) is 12.0. The van der Waals surface area contributed by atoms with Crippen LogP contribution in [-0.4, -0.2) is 17.7 Å². The number of aryl methyl sites for hydroxylation is 1. The number of benzene rings is 1. The quantitative estimate of drug-likeness (QED) is 0.778. The summed E-state index contributed by atoms with van der Waals surface area (Å²) in [5.41, 5.74) is 1.96. The van der Waals surface area contributed by atoms with Gasteiger partial charge in [-0.3, -0.25) is 4.79 Å². The Morgan fingerprint density at radius 2 is 2.25 bits per heavy atom. The molecule has 0 saturated carbocycles. The average molecular weight is 222 g/mol. The molecule has 0 spiro atoms. The van der Waals surface area contributed by atoms with Crippen LogP contribution in [0.3, 0.4) is 0 Å². The maximum Gasteiger partial charge on any atom is 0.305 e. The number of rotatable bonds is 5. The Labute approximate surface area is 96.1 Å². The lowest BCUT2D eigenvalue weighted by atomic mass is 10.0. The van der Waals surface area contributed by atoms with Gasteiger partial charge in [0.25, 0.3) is 0 Å². The minimum absolute atomic E-state index is 0.253. The van der Waals surface area contributed by atoms with Crippen LogP contribution in [-0.2, 0) is 9.53 Å². The molecule has 0 aliphatic carbocycles. The van der Waals surface area contributed by atoms with Crippen LogP contribution < -0.4 is 0 Å². The third-order valence-corrected chi connectivity index (χ3v) is 2.35. The van der Waals surface area contributed by atoms with Gasteiger partial charge in [-0.2, -0.15) is 0 Å². The molecule has 0 aromatic heterocycles. The normalized spacial score (nSPS) is 12.2. The minimum Gasteiger partial charge on any atom is -0.466 e. The average Bonchev–Trinajstić information content (AvgIpc) is 2.26. The van der Waals surface area contributed by atoms with Gasteiger partial charge in [0.05, 0.1) is 12.7 Å². The van der Waals surface area contributed by atoms with Gasteiger partial charge in [-0.05, 0) is 25.8 Å². The molecule has 1 atom stereocenters. The Kier molecular flexibility index (Phi) is 4.99. The molecule has 0 bridgehead atoms. The minimum atomic E-state index is -0.593. The van der Waals surface area contributed by atoms with E-state index in [2.05, 4.69) is 0 Å². The molecule has 0 radical (unpaired) electrons. The fraction of sp³-hybridized carbons (Fsp3) is 0.462. The van der Waals surface area contributed by atoms with Crippen molar-refractivity contribution < 1.29 is 14.6 Å². The molecule has 0 aliphatic heterocycles. The fourth-order valence-corrected chi connectivity index (χ4v) is 1.53. The largest absolute Gasteiger partial charge is 0.466 e. The number of aliphatic hydroxyl groups excluding tert-OH is 1. The van der Waals surface area contributed by atoms with Crippen LogP contribution in [0.2, 0.25) is 0 Å². The lowest BCUT2D eigenvalue weighted by Gasteiger charge is -2.10. The summed E-state index contributed by atoms with van der Waals surface area (Å²) in [5, 5.41) is 9.85. The molecule has 0 amide bonds. The highest BCUT2D eigenvalue weighted by Gasteiger charge is 2.10. The Balaban J connectivity index is 2.46. The number of ether oxygens (including phenoxy) is 1. The highest BCUT2D eigenvalue weighted by Crippen LogP contribution is 2.19. The third-order valence-electron chi connectivity index (χ3n) is 2.35. The summed E-state index contributed by atoms with van der Waals surface area (Å²) < 4.78 is 4.80. The van der Waals surface area contributed by atoms with Gasteiger partial charge in [-0.25, -0.2) is 0 Å². The SMILES string of the molecule is CCOC(=O)CCC(O)c1cccc(C)c1. The summed E-state index contributed by atoms with van der Waals surface area (Å²) in [4.78, 5) is 11.1. The van der Waals surface area contributed by atoms with E-state index in [1.165, 1.54) is 0 Å². The fourth-order valence-electron chi connectivity index (χ4n) is 1.53. The van der Waals surface area contributed by atoms with Crippen LogP contribution in [0.25, 0.3) is 0 Å². The highest BCUT2D eigenvalue weighted by molar-refractivity contribution is 5.69. The number of carbonyl (C=O) groups is 1. The number of aliphatic hydroxyl groups is 1. The second-order valence-corrected chi connectivity index (χ2v) is 3.77. The zero-order valence-corrected chi connectivity index (χ0v) is 9.77. The van der Waals surface area contributed by atoms with Crippen molar-refractivity contribution >= 4 is 5.97 Å². The molecular weight excluding hydrogens is 204 g/mol. The number of esters is 1. The summed E-state index contributed by atoms with van der Waals surface area (Å²) in [6, 6.07) is 7.67. The van der Waals surface area contributed by atoms with Crippen molar-refractivity contribution in [3.05, 3.63) is 35.4 Å². The molecule has 88 valence electrons. The van der Waals surface area contributed by atoms with Gasteiger partial charge >= 0.3 is 5.97 Å². The smallest absolute Gasteiger partial charge is 0.305 e. The molecule has 1 aromatic carbocycles. The van der Waals surface area contributed by atoms with Gasteiger partial charge in [0.15, 0.2) is 0 Å². The molecule has 0 saturated heterocycles. The Morgan fingerprint density at radius 3 is 2.88 bits per heavy atom. The molecular formula is C13H18O3. The van der Waals surface area contributed by atoms with E-state index in [1.54, 1.807) is 6.92 Å². The third kappa shape index (κ3) is 4.03. The molecule has 3 heteroatoms. The molecule has 1 rings (SSSR count). The summed E-state index contributed by atoms with van der Waals surface area (Å²) in [6.07, 6.45) is 0.0647. The van der Waals surface area contributed by atoms with Crippen molar-refractivity contribution in [2.24, 2.45) is 0 Å². The van der Waals surface area contributed by atoms with Crippen molar-refractivity contribution in [2.45, 2.75) is 32.8 Å². The van der Waals surface area contributed by atoms with Crippen molar-refractivity contribution in [3.63, 3.8) is 0 Å². The van der Waals surface area contributed by atoms with Gasteiger partial charge in [0.2, 0.25) is 0 Å². The second kappa shape index (κ2) is 6.28. The maximum atomic E-state index is 11.1. The van der Waals surface area contributed by atoms with E-state index >= 15 is 0 Å². The van der Waals surface area contributed by atoms with E-state index in [1.807, 2.05) is 31.2 Å². The molecule has 0 fully saturated rings. The van der Waals surface area contributed by atoms with Gasteiger partial charge in [-0.15, -0.1) is 0 Å². The topological polar surface area (TPSA) is 46.5 Å². The van der Waals surface area contributed by atoms with E-state index < -0.39 is 6.10 Å². The predicted octanol–water partition coefficient (Wildman–Crippen LogP) is 2.37. The van der Waals surface area contributed by atoms with Gasteiger partial charge in [-0.1, -0.05) is 29.8 Å². The Hall–Kier alpha value is -1.35. The van der Waals surface area contributed by atoms with Crippen molar-refractivity contribution in [1.82, 2.24) is 0 Å². The molecule has 0 aliphatic rings. The van der Waals surface area contributed by atoms with E-state index in [9.17, 15) is 9.90 Å². The van der Waals surface area contributed by atoms with Crippen molar-refractivity contribution in [2.75, 3.05) is 6.61 Å². The summed E-state index contributed by atoms with van der Waals surface area (Å²) in [6.45, 7) is 4.13. The molecule has 1 unspecified atom stereocenters. The van der Waals surface area contributed by atoms with Crippen LogP contribution >= 0.6 is 0 Å².